The van der Waals surface area contributed by atoms with E-state index in [2.05, 4.69) is 35.6 Å². The van der Waals surface area contributed by atoms with Crippen LogP contribution in [0.4, 0.5) is 0 Å². The molecule has 0 aliphatic heterocycles. The maximum atomic E-state index is 10.2. The summed E-state index contributed by atoms with van der Waals surface area (Å²) in [6.07, 6.45) is 7.24. The molecule has 0 aliphatic rings. The molecule has 2 rings (SSSR count). The van der Waals surface area contributed by atoms with Crippen LogP contribution in [0.5, 0.6) is 5.75 Å². The molecule has 0 aliphatic carbocycles. The number of unbranched alkanes of at least 4 members (excludes halogenated alkanes) is 4. The van der Waals surface area contributed by atoms with E-state index in [0.717, 1.165) is 58.3 Å². The van der Waals surface area contributed by atoms with Crippen LogP contribution in [0.25, 0.3) is 0 Å². The lowest BCUT2D eigenvalue weighted by molar-refractivity contribution is 0.126. The van der Waals surface area contributed by atoms with Gasteiger partial charge >= 0.3 is 7.82 Å². The topological polar surface area (TPSA) is 160 Å². The van der Waals surface area contributed by atoms with E-state index in [1.807, 2.05) is 0 Å². The first kappa shape index (κ1) is 31.2. The molecule has 0 amide bonds. The number of phosphoric acid groups is 1. The van der Waals surface area contributed by atoms with Crippen LogP contribution < -0.4 is 5.32 Å². The summed E-state index contributed by atoms with van der Waals surface area (Å²) >= 11 is 0. The number of aliphatic hydroxyl groups excluding tert-OH is 2. The fourth-order valence-electron chi connectivity index (χ4n) is 3.38. The van der Waals surface area contributed by atoms with Crippen molar-refractivity contribution in [3.8, 4) is 5.75 Å². The third-order valence-electron chi connectivity index (χ3n) is 5.24. The van der Waals surface area contributed by atoms with Gasteiger partial charge in [0.1, 0.15) is 5.75 Å². The van der Waals surface area contributed by atoms with Gasteiger partial charge in [-0.2, -0.15) is 0 Å². The Bertz CT molecular complexity index is 838. The monoisotopic (exact) mass is 513 g/mol. The van der Waals surface area contributed by atoms with Crippen LogP contribution in [-0.2, 0) is 22.3 Å². The summed E-state index contributed by atoms with van der Waals surface area (Å²) in [5.74, 6) is 0.0533. The van der Waals surface area contributed by atoms with E-state index in [1.165, 1.54) is 18.1 Å². The predicted octanol–water partition coefficient (Wildman–Crippen LogP) is 3.18. The third kappa shape index (κ3) is 17.3. The minimum Gasteiger partial charge on any atom is -0.508 e. The first-order valence-electron chi connectivity index (χ1n) is 11.9. The Kier molecular flexibility index (Phi) is 16.5. The minimum atomic E-state index is -4.64. The maximum absolute atomic E-state index is 10.2. The second-order valence-corrected chi connectivity index (χ2v) is 9.28. The SMILES string of the molecule is O=P(O)(O)O.OCc1cc(C(O)CNCCCCCCOCCCCc2ccccc2)ccc1O. The number of aliphatic hydroxyl groups is 2. The molecule has 2 aromatic rings. The van der Waals surface area contributed by atoms with E-state index < -0.39 is 13.9 Å². The number of ether oxygens (including phenoxy) is 1. The van der Waals surface area contributed by atoms with Crippen molar-refractivity contribution in [2.75, 3.05) is 26.3 Å². The Morgan fingerprint density at radius 3 is 2.17 bits per heavy atom. The number of hydrogen-bond donors (Lipinski definition) is 7. The highest BCUT2D eigenvalue weighted by atomic mass is 31.2. The zero-order valence-corrected chi connectivity index (χ0v) is 21.0. The van der Waals surface area contributed by atoms with Gasteiger partial charge in [-0.25, -0.2) is 4.57 Å². The summed E-state index contributed by atoms with van der Waals surface area (Å²) in [7, 11) is -4.64. The Balaban J connectivity index is 0.00000111. The quantitative estimate of drug-likeness (QED) is 0.132. The molecule has 35 heavy (non-hydrogen) atoms. The molecule has 0 saturated carbocycles. The number of phenols is 1. The molecule has 198 valence electrons. The van der Waals surface area contributed by atoms with Crippen molar-refractivity contribution in [3.63, 3.8) is 0 Å². The second kappa shape index (κ2) is 18.5. The molecule has 9 nitrogen and oxygen atoms in total. The van der Waals surface area contributed by atoms with E-state index >= 15 is 0 Å². The second-order valence-electron chi connectivity index (χ2n) is 8.25. The maximum Gasteiger partial charge on any atom is 0.466 e. The summed E-state index contributed by atoms with van der Waals surface area (Å²) in [5, 5.41) is 32.3. The largest absolute Gasteiger partial charge is 0.508 e. The number of nitrogens with one attached hydrogen (secondary N) is 1. The average molecular weight is 514 g/mol. The Labute approximate surface area is 207 Å². The van der Waals surface area contributed by atoms with Crippen LogP contribution in [0.3, 0.4) is 0 Å². The van der Waals surface area contributed by atoms with Gasteiger partial charge in [0.05, 0.1) is 12.7 Å². The highest BCUT2D eigenvalue weighted by Crippen LogP contribution is 2.26. The molecule has 2 aromatic carbocycles. The molecule has 0 fully saturated rings. The Morgan fingerprint density at radius 1 is 0.886 bits per heavy atom. The first-order chi connectivity index (χ1) is 16.7. The van der Waals surface area contributed by atoms with Crippen molar-refractivity contribution in [1.29, 1.82) is 0 Å². The lowest BCUT2D eigenvalue weighted by atomic mass is 10.1. The van der Waals surface area contributed by atoms with Gasteiger partial charge in [-0.3, -0.25) is 0 Å². The van der Waals surface area contributed by atoms with Crippen molar-refractivity contribution in [2.24, 2.45) is 0 Å². The molecule has 1 unspecified atom stereocenters. The molecule has 10 heteroatoms. The fourth-order valence-corrected chi connectivity index (χ4v) is 3.38. The van der Waals surface area contributed by atoms with Crippen LogP contribution >= 0.6 is 7.82 Å². The average Bonchev–Trinajstić information content (AvgIpc) is 2.81. The number of aromatic hydroxyl groups is 1. The van der Waals surface area contributed by atoms with Crippen molar-refractivity contribution < 1.29 is 39.3 Å². The molecule has 0 spiro atoms. The zero-order valence-electron chi connectivity index (χ0n) is 20.1. The van der Waals surface area contributed by atoms with E-state index in [4.69, 9.17) is 24.0 Å². The lowest BCUT2D eigenvalue weighted by Crippen LogP contribution is -2.22. The van der Waals surface area contributed by atoms with Gasteiger partial charge in [0.2, 0.25) is 0 Å². The normalized spacial score (nSPS) is 12.1. The van der Waals surface area contributed by atoms with Crippen LogP contribution in [0.2, 0.25) is 0 Å². The minimum absolute atomic E-state index is 0.0533. The highest BCUT2D eigenvalue weighted by Gasteiger charge is 2.09. The molecule has 0 radical (unpaired) electrons. The van der Waals surface area contributed by atoms with Crippen LogP contribution in [0.1, 0.15) is 61.3 Å². The highest BCUT2D eigenvalue weighted by molar-refractivity contribution is 7.45. The van der Waals surface area contributed by atoms with Crippen molar-refractivity contribution in [2.45, 2.75) is 57.7 Å². The van der Waals surface area contributed by atoms with Crippen molar-refractivity contribution in [3.05, 3.63) is 65.2 Å². The molecular weight excluding hydrogens is 473 g/mol. The van der Waals surface area contributed by atoms with Crippen molar-refractivity contribution >= 4 is 7.82 Å². The molecule has 7 N–H and O–H groups in total. The Morgan fingerprint density at radius 2 is 1.51 bits per heavy atom. The summed E-state index contributed by atoms with van der Waals surface area (Å²) in [6, 6.07) is 15.4. The standard InChI is InChI=1S/C25H37NO4.H3O4P/c27-20-23-18-22(13-14-24(23)28)25(29)19-26-15-7-1-2-8-16-30-17-9-6-12-21-10-4-3-5-11-21;1-5(2,3)4/h3-5,10-11,13-14,18,25-29H,1-2,6-9,12,15-17,19-20H2;(H3,1,2,3,4). The summed E-state index contributed by atoms with van der Waals surface area (Å²) < 4.78 is 14.6. The van der Waals surface area contributed by atoms with Crippen molar-refractivity contribution in [1.82, 2.24) is 5.32 Å². The van der Waals surface area contributed by atoms with E-state index in [-0.39, 0.29) is 12.4 Å². The molecule has 1 atom stereocenters. The van der Waals surface area contributed by atoms with Gasteiger partial charge < -0.3 is 40.1 Å². The van der Waals surface area contributed by atoms with Gasteiger partial charge in [-0.05, 0) is 61.9 Å². The predicted molar refractivity (Wildman–Crippen MR) is 135 cm³/mol. The lowest BCUT2D eigenvalue weighted by Gasteiger charge is -2.14. The summed E-state index contributed by atoms with van der Waals surface area (Å²) in [4.78, 5) is 21.6. The van der Waals surface area contributed by atoms with Crippen LogP contribution in [-0.4, -0.2) is 56.3 Å². The number of aryl methyl sites for hydroxylation is 1. The van der Waals surface area contributed by atoms with Gasteiger partial charge in [0.25, 0.3) is 0 Å². The van der Waals surface area contributed by atoms with Crippen LogP contribution in [0, 0.1) is 0 Å². The van der Waals surface area contributed by atoms with E-state index in [9.17, 15) is 15.3 Å². The van der Waals surface area contributed by atoms with E-state index in [0.29, 0.717) is 17.7 Å². The fraction of sp³-hybridized carbons (Fsp3) is 0.520. The number of hydrogen-bond acceptors (Lipinski definition) is 6. The van der Waals surface area contributed by atoms with E-state index in [1.54, 1.807) is 12.1 Å². The van der Waals surface area contributed by atoms with Gasteiger partial charge in [-0.1, -0.05) is 49.2 Å². The number of rotatable bonds is 16. The third-order valence-corrected chi connectivity index (χ3v) is 5.24. The summed E-state index contributed by atoms with van der Waals surface area (Å²) in [6.45, 7) is 2.77. The van der Waals surface area contributed by atoms with Gasteiger partial charge in [0.15, 0.2) is 0 Å². The molecule has 0 aromatic heterocycles. The smallest absolute Gasteiger partial charge is 0.466 e. The summed E-state index contributed by atoms with van der Waals surface area (Å²) in [5.41, 5.74) is 2.53. The molecule has 0 heterocycles. The first-order valence-corrected chi connectivity index (χ1v) is 13.5. The molecule has 0 saturated heterocycles. The van der Waals surface area contributed by atoms with Crippen LogP contribution in [0.15, 0.2) is 48.5 Å². The molecule has 0 bridgehead atoms. The van der Waals surface area contributed by atoms with Gasteiger partial charge in [0, 0.05) is 25.3 Å². The number of benzene rings is 2. The molecular formula is C25H40NO8P. The Hall–Kier alpha value is -1.81. The zero-order chi connectivity index (χ0) is 25.9. The van der Waals surface area contributed by atoms with Gasteiger partial charge in [-0.15, -0.1) is 0 Å².